The van der Waals surface area contributed by atoms with E-state index in [4.69, 9.17) is 0 Å². The first-order valence-corrected chi connectivity index (χ1v) is 8.87. The second kappa shape index (κ2) is 5.96. The van der Waals surface area contributed by atoms with Gasteiger partial charge in [-0.1, -0.05) is 0 Å². The minimum atomic E-state index is 0.724. The Bertz CT molecular complexity index is 646. The third-order valence-electron chi connectivity index (χ3n) is 5.50. The van der Waals surface area contributed by atoms with Gasteiger partial charge < -0.3 is 14.8 Å². The molecule has 0 saturated carbocycles. The van der Waals surface area contributed by atoms with Crippen LogP contribution in [0.5, 0.6) is 0 Å². The molecule has 3 heteroatoms. The molecule has 0 radical (unpaired) electrons. The van der Waals surface area contributed by atoms with E-state index in [0.717, 1.165) is 19.0 Å². The van der Waals surface area contributed by atoms with Gasteiger partial charge in [0.2, 0.25) is 0 Å². The molecule has 0 spiro atoms. The lowest BCUT2D eigenvalue weighted by molar-refractivity contribution is 0.462. The molecule has 3 nitrogen and oxygen atoms in total. The largest absolute Gasteiger partial charge is 0.372 e. The number of aromatic nitrogens is 1. The van der Waals surface area contributed by atoms with Crippen LogP contribution in [0.15, 0.2) is 24.4 Å². The summed E-state index contributed by atoms with van der Waals surface area (Å²) >= 11 is 0. The summed E-state index contributed by atoms with van der Waals surface area (Å²) in [5, 5.41) is 4.97. The molecule has 2 saturated heterocycles. The number of aryl methyl sites for hydroxylation is 1. The summed E-state index contributed by atoms with van der Waals surface area (Å²) in [6.07, 6.45) is 8.99. The van der Waals surface area contributed by atoms with Gasteiger partial charge in [-0.25, -0.2) is 0 Å². The van der Waals surface area contributed by atoms with Crippen molar-refractivity contribution in [2.45, 2.75) is 38.0 Å². The molecule has 118 valence electrons. The highest BCUT2D eigenvalue weighted by molar-refractivity contribution is 5.88. The summed E-state index contributed by atoms with van der Waals surface area (Å²) in [7, 11) is 2.19. The predicted molar refractivity (Wildman–Crippen MR) is 93.8 cm³/mol. The summed E-state index contributed by atoms with van der Waals surface area (Å²) in [5.41, 5.74) is 4.38. The number of benzene rings is 1. The van der Waals surface area contributed by atoms with E-state index in [0.29, 0.717) is 0 Å². The van der Waals surface area contributed by atoms with Gasteiger partial charge in [-0.05, 0) is 74.9 Å². The molecule has 3 heterocycles. The molecule has 22 heavy (non-hydrogen) atoms. The van der Waals surface area contributed by atoms with Crippen molar-refractivity contribution in [1.29, 1.82) is 0 Å². The third-order valence-corrected chi connectivity index (χ3v) is 5.50. The fraction of sp³-hybridized carbons (Fsp3) is 0.579. The molecule has 4 rings (SSSR count). The molecule has 1 aromatic carbocycles. The van der Waals surface area contributed by atoms with Gasteiger partial charge in [-0.3, -0.25) is 0 Å². The number of nitrogens with zero attached hydrogens (tertiary/aromatic N) is 2. The Balaban J connectivity index is 1.73. The second-order valence-electron chi connectivity index (χ2n) is 6.97. The molecule has 2 fully saturated rings. The summed E-state index contributed by atoms with van der Waals surface area (Å²) in [4.78, 5) is 2.57. The van der Waals surface area contributed by atoms with E-state index in [9.17, 15) is 0 Å². The Morgan fingerprint density at radius 3 is 2.59 bits per heavy atom. The van der Waals surface area contributed by atoms with Crippen LogP contribution >= 0.6 is 0 Å². The average Bonchev–Trinajstić information content (AvgIpc) is 2.93. The maximum atomic E-state index is 3.49. The highest BCUT2D eigenvalue weighted by Crippen LogP contribution is 2.35. The zero-order chi connectivity index (χ0) is 14.9. The Hall–Kier alpha value is -1.48. The fourth-order valence-electron chi connectivity index (χ4n) is 4.22. The number of anilines is 1. The van der Waals surface area contributed by atoms with Crippen LogP contribution in [0.3, 0.4) is 0 Å². The number of nitrogens with one attached hydrogen (secondary N) is 1. The van der Waals surface area contributed by atoms with E-state index in [2.05, 4.69) is 46.2 Å². The number of hydrogen-bond acceptors (Lipinski definition) is 2. The first-order valence-electron chi connectivity index (χ1n) is 8.87. The van der Waals surface area contributed by atoms with Crippen LogP contribution in [0.4, 0.5) is 5.69 Å². The van der Waals surface area contributed by atoms with Crippen LogP contribution in [0, 0.1) is 0 Å². The molecule has 0 bridgehead atoms. The van der Waals surface area contributed by atoms with Gasteiger partial charge in [0.05, 0.1) is 0 Å². The quantitative estimate of drug-likeness (QED) is 0.913. The van der Waals surface area contributed by atoms with Gasteiger partial charge in [-0.2, -0.15) is 0 Å². The van der Waals surface area contributed by atoms with Crippen molar-refractivity contribution >= 4 is 16.6 Å². The van der Waals surface area contributed by atoms with E-state index < -0.39 is 0 Å². The molecule has 2 aliphatic heterocycles. The zero-order valence-corrected chi connectivity index (χ0v) is 13.6. The zero-order valence-electron chi connectivity index (χ0n) is 13.6. The van der Waals surface area contributed by atoms with Crippen LogP contribution in [0.25, 0.3) is 10.9 Å². The molecule has 1 aromatic heterocycles. The van der Waals surface area contributed by atoms with Crippen molar-refractivity contribution in [3.8, 4) is 0 Å². The van der Waals surface area contributed by atoms with Crippen molar-refractivity contribution in [1.82, 2.24) is 9.88 Å². The molecule has 2 aliphatic rings. The second-order valence-corrected chi connectivity index (χ2v) is 6.97. The minimum absolute atomic E-state index is 0.724. The first-order chi connectivity index (χ1) is 10.8. The molecule has 2 aromatic rings. The Morgan fingerprint density at radius 2 is 1.82 bits per heavy atom. The molecular formula is C19H27N3. The van der Waals surface area contributed by atoms with Crippen molar-refractivity contribution < 1.29 is 0 Å². The van der Waals surface area contributed by atoms with Gasteiger partial charge in [-0.15, -0.1) is 0 Å². The Labute approximate surface area is 133 Å². The topological polar surface area (TPSA) is 20.2 Å². The summed E-state index contributed by atoms with van der Waals surface area (Å²) in [6.45, 7) is 4.77. The standard InChI is InChI=1S/C19H27N3/c1-21-14-18(15-7-9-20-10-8-15)17-13-16(5-6-19(17)21)22-11-3-2-4-12-22/h5-6,13-15,20H,2-4,7-12H2,1H3. The lowest BCUT2D eigenvalue weighted by Crippen LogP contribution is -2.29. The maximum absolute atomic E-state index is 3.49. The van der Waals surface area contributed by atoms with Crippen LogP contribution in [-0.2, 0) is 7.05 Å². The van der Waals surface area contributed by atoms with Crippen molar-refractivity contribution in [2.75, 3.05) is 31.1 Å². The molecule has 0 aliphatic carbocycles. The van der Waals surface area contributed by atoms with Gasteiger partial charge in [0, 0.05) is 42.9 Å². The molecule has 0 amide bonds. The average molecular weight is 297 g/mol. The normalized spacial score (nSPS) is 20.7. The van der Waals surface area contributed by atoms with E-state index in [1.165, 1.54) is 61.8 Å². The van der Waals surface area contributed by atoms with Gasteiger partial charge in [0.15, 0.2) is 0 Å². The lowest BCUT2D eigenvalue weighted by atomic mass is 9.90. The monoisotopic (exact) mass is 297 g/mol. The molecule has 0 atom stereocenters. The molecule has 0 unspecified atom stereocenters. The lowest BCUT2D eigenvalue weighted by Gasteiger charge is -2.29. The van der Waals surface area contributed by atoms with Crippen molar-refractivity contribution in [3.05, 3.63) is 30.0 Å². The van der Waals surface area contributed by atoms with Gasteiger partial charge >= 0.3 is 0 Å². The maximum Gasteiger partial charge on any atom is 0.0482 e. The van der Waals surface area contributed by atoms with Crippen molar-refractivity contribution in [3.63, 3.8) is 0 Å². The van der Waals surface area contributed by atoms with Crippen LogP contribution in [-0.4, -0.2) is 30.7 Å². The Kier molecular flexibility index (Phi) is 3.83. The first kappa shape index (κ1) is 14.1. The Morgan fingerprint density at radius 1 is 1.05 bits per heavy atom. The van der Waals surface area contributed by atoms with Gasteiger partial charge in [0.1, 0.15) is 0 Å². The van der Waals surface area contributed by atoms with E-state index in [-0.39, 0.29) is 0 Å². The van der Waals surface area contributed by atoms with Crippen LogP contribution in [0.2, 0.25) is 0 Å². The highest BCUT2D eigenvalue weighted by Gasteiger charge is 2.20. The summed E-state index contributed by atoms with van der Waals surface area (Å²) in [6, 6.07) is 7.10. The summed E-state index contributed by atoms with van der Waals surface area (Å²) < 4.78 is 2.31. The van der Waals surface area contributed by atoms with E-state index in [1.54, 1.807) is 5.56 Å². The molecular weight excluding hydrogens is 270 g/mol. The number of rotatable bonds is 2. The number of piperidine rings is 2. The third kappa shape index (κ3) is 2.52. The van der Waals surface area contributed by atoms with E-state index in [1.807, 2.05) is 0 Å². The summed E-state index contributed by atoms with van der Waals surface area (Å²) in [5.74, 6) is 0.724. The highest BCUT2D eigenvalue weighted by atomic mass is 15.1. The number of fused-ring (bicyclic) bond motifs is 1. The molecule has 1 N–H and O–H groups in total. The SMILES string of the molecule is Cn1cc(C2CCNCC2)c2cc(N3CCCCC3)ccc21. The fourth-order valence-corrected chi connectivity index (χ4v) is 4.22. The van der Waals surface area contributed by atoms with E-state index >= 15 is 0 Å². The van der Waals surface area contributed by atoms with Crippen molar-refractivity contribution in [2.24, 2.45) is 7.05 Å². The van der Waals surface area contributed by atoms with Crippen LogP contribution in [0.1, 0.15) is 43.6 Å². The smallest absolute Gasteiger partial charge is 0.0482 e. The van der Waals surface area contributed by atoms with Gasteiger partial charge in [0.25, 0.3) is 0 Å². The number of hydrogen-bond donors (Lipinski definition) is 1. The van der Waals surface area contributed by atoms with Crippen LogP contribution < -0.4 is 10.2 Å². The minimum Gasteiger partial charge on any atom is -0.372 e. The predicted octanol–water partition coefficient (Wildman–Crippen LogP) is 3.64.